The summed E-state index contributed by atoms with van der Waals surface area (Å²) in [5.74, 6) is 1.94. The van der Waals surface area contributed by atoms with E-state index in [0.29, 0.717) is 6.10 Å². The van der Waals surface area contributed by atoms with Crippen molar-refractivity contribution >= 4 is 31.9 Å². The number of alkyl halides is 1. The first-order valence-corrected chi connectivity index (χ1v) is 8.66. The highest BCUT2D eigenvalue weighted by Crippen LogP contribution is 2.35. The first-order chi connectivity index (χ1) is 8.74. The molecule has 1 nitrogen and oxygen atoms in total. The Balaban J connectivity index is 2.02. The normalized spacial score (nSPS) is 23.9. The standard InChI is InChI=1S/C15H20Br2O/c1-2-11-6-8-13(9-7-11)18-15-12(10-16)4-3-5-14(15)17/h3-5,11,13H,2,6-10H2,1H3. The molecule has 0 atom stereocenters. The number of rotatable bonds is 4. The van der Waals surface area contributed by atoms with E-state index in [1.54, 1.807) is 0 Å². The molecule has 0 radical (unpaired) electrons. The number of halogens is 2. The molecule has 0 spiro atoms. The van der Waals surface area contributed by atoms with Crippen LogP contribution in [0.15, 0.2) is 22.7 Å². The van der Waals surface area contributed by atoms with Crippen molar-refractivity contribution in [3.05, 3.63) is 28.2 Å². The van der Waals surface area contributed by atoms with Crippen LogP contribution < -0.4 is 4.74 Å². The summed E-state index contributed by atoms with van der Waals surface area (Å²) < 4.78 is 7.29. The number of benzene rings is 1. The molecule has 1 aromatic rings. The van der Waals surface area contributed by atoms with E-state index in [9.17, 15) is 0 Å². The lowest BCUT2D eigenvalue weighted by Gasteiger charge is -2.29. The molecule has 100 valence electrons. The topological polar surface area (TPSA) is 9.23 Å². The van der Waals surface area contributed by atoms with Crippen molar-refractivity contribution in [1.82, 2.24) is 0 Å². The van der Waals surface area contributed by atoms with Gasteiger partial charge in [-0.15, -0.1) is 0 Å². The summed E-state index contributed by atoms with van der Waals surface area (Å²) in [7, 11) is 0. The van der Waals surface area contributed by atoms with E-state index in [0.717, 1.165) is 21.5 Å². The first-order valence-electron chi connectivity index (χ1n) is 6.74. The lowest BCUT2D eigenvalue weighted by Crippen LogP contribution is -2.24. The molecule has 1 saturated carbocycles. The minimum Gasteiger partial charge on any atom is -0.489 e. The Bertz CT molecular complexity index is 384. The molecular formula is C15H20Br2O. The molecule has 1 fully saturated rings. The molecule has 0 unspecified atom stereocenters. The molecule has 18 heavy (non-hydrogen) atoms. The minimum absolute atomic E-state index is 0.393. The quantitative estimate of drug-likeness (QED) is 0.614. The monoisotopic (exact) mass is 374 g/mol. The van der Waals surface area contributed by atoms with Gasteiger partial charge in [-0.05, 0) is 53.6 Å². The van der Waals surface area contributed by atoms with Gasteiger partial charge in [-0.25, -0.2) is 0 Å². The van der Waals surface area contributed by atoms with Crippen molar-refractivity contribution in [3.8, 4) is 5.75 Å². The van der Waals surface area contributed by atoms with Crippen molar-refractivity contribution in [3.63, 3.8) is 0 Å². The fourth-order valence-electron chi connectivity index (χ4n) is 2.62. The maximum absolute atomic E-state index is 6.22. The van der Waals surface area contributed by atoms with Gasteiger partial charge in [0.1, 0.15) is 5.75 Å². The molecule has 0 amide bonds. The van der Waals surface area contributed by atoms with E-state index in [1.807, 2.05) is 0 Å². The zero-order chi connectivity index (χ0) is 13.0. The number of hydrogen-bond donors (Lipinski definition) is 0. The summed E-state index contributed by atoms with van der Waals surface area (Å²) in [6.45, 7) is 2.29. The van der Waals surface area contributed by atoms with Gasteiger partial charge in [0.2, 0.25) is 0 Å². The van der Waals surface area contributed by atoms with Gasteiger partial charge in [0, 0.05) is 10.9 Å². The number of para-hydroxylation sites is 1. The Labute approximate surface area is 127 Å². The zero-order valence-electron chi connectivity index (χ0n) is 10.8. The average Bonchev–Trinajstić information content (AvgIpc) is 2.42. The predicted octanol–water partition coefficient (Wildman–Crippen LogP) is 5.69. The Morgan fingerprint density at radius 3 is 2.56 bits per heavy atom. The van der Waals surface area contributed by atoms with Crippen LogP contribution in [0.1, 0.15) is 44.6 Å². The lowest BCUT2D eigenvalue weighted by molar-refractivity contribution is 0.128. The van der Waals surface area contributed by atoms with Crippen molar-refractivity contribution < 1.29 is 4.74 Å². The summed E-state index contributed by atoms with van der Waals surface area (Å²) in [6, 6.07) is 6.23. The Morgan fingerprint density at radius 2 is 1.94 bits per heavy atom. The van der Waals surface area contributed by atoms with E-state index >= 15 is 0 Å². The van der Waals surface area contributed by atoms with E-state index in [2.05, 4.69) is 57.0 Å². The summed E-state index contributed by atoms with van der Waals surface area (Å²) in [5, 5.41) is 0.839. The zero-order valence-corrected chi connectivity index (χ0v) is 14.0. The summed E-state index contributed by atoms with van der Waals surface area (Å²) in [5.41, 5.74) is 1.22. The summed E-state index contributed by atoms with van der Waals surface area (Å²) in [6.07, 6.45) is 6.73. The Kier molecular flexibility index (Phi) is 5.56. The minimum atomic E-state index is 0.393. The van der Waals surface area contributed by atoms with E-state index < -0.39 is 0 Å². The smallest absolute Gasteiger partial charge is 0.137 e. The van der Waals surface area contributed by atoms with Crippen LogP contribution in [-0.2, 0) is 5.33 Å². The molecule has 0 saturated heterocycles. The van der Waals surface area contributed by atoms with Crippen molar-refractivity contribution in [2.75, 3.05) is 0 Å². The van der Waals surface area contributed by atoms with Crippen LogP contribution in [0, 0.1) is 5.92 Å². The molecule has 0 aromatic heterocycles. The summed E-state index contributed by atoms with van der Waals surface area (Å²) in [4.78, 5) is 0. The molecule has 1 aliphatic rings. The van der Waals surface area contributed by atoms with Gasteiger partial charge in [0.15, 0.2) is 0 Å². The van der Waals surface area contributed by atoms with E-state index in [1.165, 1.54) is 37.7 Å². The van der Waals surface area contributed by atoms with Gasteiger partial charge in [-0.3, -0.25) is 0 Å². The highest BCUT2D eigenvalue weighted by Gasteiger charge is 2.22. The third-order valence-electron chi connectivity index (χ3n) is 3.85. The number of ether oxygens (including phenoxy) is 1. The van der Waals surface area contributed by atoms with Gasteiger partial charge < -0.3 is 4.74 Å². The second kappa shape index (κ2) is 6.95. The first kappa shape index (κ1) is 14.4. The third kappa shape index (κ3) is 3.51. The van der Waals surface area contributed by atoms with E-state index in [4.69, 9.17) is 4.74 Å². The fraction of sp³-hybridized carbons (Fsp3) is 0.600. The maximum atomic E-state index is 6.22. The molecule has 0 N–H and O–H groups in total. The van der Waals surface area contributed by atoms with Crippen LogP contribution in [0.2, 0.25) is 0 Å². The van der Waals surface area contributed by atoms with Crippen molar-refractivity contribution in [2.24, 2.45) is 5.92 Å². The second-order valence-corrected chi connectivity index (χ2v) is 6.45. The van der Waals surface area contributed by atoms with Crippen LogP contribution in [0.5, 0.6) is 5.75 Å². The second-order valence-electron chi connectivity index (χ2n) is 5.03. The fourth-order valence-corrected chi connectivity index (χ4v) is 3.56. The van der Waals surface area contributed by atoms with Crippen LogP contribution in [0.4, 0.5) is 0 Å². The van der Waals surface area contributed by atoms with Crippen molar-refractivity contribution in [1.29, 1.82) is 0 Å². The molecular weight excluding hydrogens is 356 g/mol. The van der Waals surface area contributed by atoms with Gasteiger partial charge >= 0.3 is 0 Å². The largest absolute Gasteiger partial charge is 0.489 e. The molecule has 2 rings (SSSR count). The highest BCUT2D eigenvalue weighted by molar-refractivity contribution is 9.10. The average molecular weight is 376 g/mol. The van der Waals surface area contributed by atoms with Crippen molar-refractivity contribution in [2.45, 2.75) is 50.5 Å². The highest BCUT2D eigenvalue weighted by atomic mass is 79.9. The van der Waals surface area contributed by atoms with Gasteiger partial charge in [-0.1, -0.05) is 41.4 Å². The SMILES string of the molecule is CCC1CCC(Oc2c(Br)cccc2CBr)CC1. The van der Waals surface area contributed by atoms with Gasteiger partial charge in [0.25, 0.3) is 0 Å². The summed E-state index contributed by atoms with van der Waals surface area (Å²) >= 11 is 7.12. The molecule has 1 aromatic carbocycles. The molecule has 3 heteroatoms. The van der Waals surface area contributed by atoms with Crippen LogP contribution in [0.3, 0.4) is 0 Å². The molecule has 1 aliphatic carbocycles. The number of hydrogen-bond acceptors (Lipinski definition) is 1. The maximum Gasteiger partial charge on any atom is 0.137 e. The third-order valence-corrected chi connectivity index (χ3v) is 5.08. The van der Waals surface area contributed by atoms with Gasteiger partial charge in [-0.2, -0.15) is 0 Å². The van der Waals surface area contributed by atoms with Crippen LogP contribution in [-0.4, -0.2) is 6.10 Å². The van der Waals surface area contributed by atoms with Gasteiger partial charge in [0.05, 0.1) is 10.6 Å². The molecule has 0 bridgehead atoms. The van der Waals surface area contributed by atoms with Crippen LogP contribution in [0.25, 0.3) is 0 Å². The lowest BCUT2D eigenvalue weighted by atomic mass is 9.86. The van der Waals surface area contributed by atoms with E-state index in [-0.39, 0.29) is 0 Å². The molecule has 0 aliphatic heterocycles. The van der Waals surface area contributed by atoms with Crippen LogP contribution >= 0.6 is 31.9 Å². The Morgan fingerprint density at radius 1 is 1.22 bits per heavy atom. The molecule has 0 heterocycles. The predicted molar refractivity (Wildman–Crippen MR) is 83.4 cm³/mol. The Hall–Kier alpha value is -0.0200.